The third kappa shape index (κ3) is 5.39. The van der Waals surface area contributed by atoms with Crippen molar-refractivity contribution >= 4 is 27.6 Å². The molecule has 6 rings (SSSR count). The summed E-state index contributed by atoms with van der Waals surface area (Å²) in [4.78, 5) is 16.6. The molecular formula is C31H35NO5. The molecule has 0 saturated heterocycles. The fourth-order valence-corrected chi connectivity index (χ4v) is 4.95. The van der Waals surface area contributed by atoms with Gasteiger partial charge in [0.05, 0.1) is 30.8 Å². The molecule has 6 heteroatoms. The number of nitrogens with zero attached hydrogens (tertiary/aromatic N) is 1. The summed E-state index contributed by atoms with van der Waals surface area (Å²) in [6, 6.07) is 14.1. The Balaban J connectivity index is 0.000000412. The Bertz CT molecular complexity index is 1440. The summed E-state index contributed by atoms with van der Waals surface area (Å²) >= 11 is 0. The van der Waals surface area contributed by atoms with E-state index in [2.05, 4.69) is 6.07 Å². The number of aliphatic carboxylic acids is 1. The molecule has 0 unspecified atom stereocenters. The van der Waals surface area contributed by atoms with Gasteiger partial charge in [0.25, 0.3) is 0 Å². The molecule has 0 aliphatic carbocycles. The molecule has 0 saturated carbocycles. The van der Waals surface area contributed by atoms with Crippen LogP contribution >= 0.6 is 0 Å². The molecule has 0 fully saturated rings. The second kappa shape index (κ2) is 10.8. The highest BCUT2D eigenvalue weighted by atomic mass is 16.5. The molecule has 2 aliphatic rings. The molecule has 2 aliphatic heterocycles. The first kappa shape index (κ1) is 26.4. The number of carbonyl (C=O) groups is 1. The highest BCUT2D eigenvalue weighted by Gasteiger charge is 2.28. The molecule has 0 spiro atoms. The summed E-state index contributed by atoms with van der Waals surface area (Å²) in [6.45, 7) is 10.5. The molecule has 4 aromatic rings. The minimum Gasteiger partial charge on any atom is -0.493 e. The normalized spacial score (nSPS) is 13.5. The summed E-state index contributed by atoms with van der Waals surface area (Å²) in [5, 5.41) is 21.3. The zero-order valence-corrected chi connectivity index (χ0v) is 22.2. The molecule has 3 heterocycles. The van der Waals surface area contributed by atoms with Crippen LogP contribution in [0.5, 0.6) is 11.5 Å². The minimum absolute atomic E-state index is 0.0503. The van der Waals surface area contributed by atoms with Gasteiger partial charge in [-0.05, 0) is 61.0 Å². The number of fused-ring (bicyclic) bond motifs is 3. The van der Waals surface area contributed by atoms with Gasteiger partial charge in [0, 0.05) is 40.9 Å². The van der Waals surface area contributed by atoms with Gasteiger partial charge in [0.1, 0.15) is 11.5 Å². The summed E-state index contributed by atoms with van der Waals surface area (Å²) in [6.07, 6.45) is 3.35. The molecular weight excluding hydrogens is 466 g/mol. The number of rotatable bonds is 3. The minimum atomic E-state index is -0.848. The van der Waals surface area contributed by atoms with E-state index in [0.717, 1.165) is 61.8 Å². The van der Waals surface area contributed by atoms with E-state index in [1.807, 2.05) is 56.4 Å². The summed E-state index contributed by atoms with van der Waals surface area (Å²) < 4.78 is 11.8. The first-order valence-electron chi connectivity index (χ1n) is 12.9. The van der Waals surface area contributed by atoms with Gasteiger partial charge in [0.15, 0.2) is 0 Å². The number of benzene rings is 3. The van der Waals surface area contributed by atoms with Crippen LogP contribution in [0.2, 0.25) is 0 Å². The van der Waals surface area contributed by atoms with Gasteiger partial charge in [-0.3, -0.25) is 9.78 Å². The van der Waals surface area contributed by atoms with Gasteiger partial charge >= 0.3 is 5.97 Å². The molecule has 0 amide bonds. The van der Waals surface area contributed by atoms with Crippen molar-refractivity contribution in [1.29, 1.82) is 0 Å². The van der Waals surface area contributed by atoms with Gasteiger partial charge in [-0.15, -0.1) is 0 Å². The van der Waals surface area contributed by atoms with E-state index in [1.54, 1.807) is 20.8 Å². The maximum Gasteiger partial charge on any atom is 0.307 e. The average Bonchev–Trinajstić information content (AvgIpc) is 3.36. The number of hydrogen-bond acceptors (Lipinski definition) is 5. The Kier molecular flexibility index (Phi) is 7.69. The summed E-state index contributed by atoms with van der Waals surface area (Å²) in [5.41, 5.74) is 5.30. The zero-order valence-electron chi connectivity index (χ0n) is 22.2. The number of aliphatic hydroxyl groups is 1. The Morgan fingerprint density at radius 2 is 1.65 bits per heavy atom. The standard InChI is InChI=1S/C25H19NO4.C4H10O.C2H6/c27-21(28)13-19-17-9-12-30-25(17)16-4-2-1-3-15(16)23(19)18-5-6-20-22-14(8-11-29-20)7-10-26-24(18)22;1-4(2,3)5;1-2/h1-7,10H,8-9,11-13H2,(H,27,28);5H,1-3H3;1-2H3. The number of carboxylic acid groups (broad SMARTS) is 1. The van der Waals surface area contributed by atoms with Crippen LogP contribution in [-0.4, -0.2) is 40.0 Å². The lowest BCUT2D eigenvalue weighted by atomic mass is 9.85. The second-order valence-electron chi connectivity index (χ2n) is 9.95. The van der Waals surface area contributed by atoms with Gasteiger partial charge in [-0.1, -0.05) is 38.1 Å². The van der Waals surface area contributed by atoms with Crippen LogP contribution in [0.4, 0.5) is 0 Å². The lowest BCUT2D eigenvalue weighted by Crippen LogP contribution is -2.10. The van der Waals surface area contributed by atoms with Crippen LogP contribution in [0.15, 0.2) is 48.7 Å². The van der Waals surface area contributed by atoms with Crippen molar-refractivity contribution in [2.24, 2.45) is 0 Å². The summed E-state index contributed by atoms with van der Waals surface area (Å²) in [7, 11) is 0. The molecule has 0 atom stereocenters. The number of aromatic nitrogens is 1. The highest BCUT2D eigenvalue weighted by Crippen LogP contribution is 2.47. The third-order valence-corrected chi connectivity index (χ3v) is 6.15. The first-order chi connectivity index (χ1) is 17.7. The smallest absolute Gasteiger partial charge is 0.307 e. The van der Waals surface area contributed by atoms with Crippen LogP contribution in [0.1, 0.15) is 51.3 Å². The number of pyridine rings is 1. The van der Waals surface area contributed by atoms with E-state index in [9.17, 15) is 9.90 Å². The SMILES string of the molecule is CC.CC(C)(C)O.O=C(O)Cc1c2c(c3ccccc3c1-c1ccc3c4c(ccnc14)CCO3)OCC2. The van der Waals surface area contributed by atoms with E-state index >= 15 is 0 Å². The highest BCUT2D eigenvalue weighted by molar-refractivity contribution is 6.10. The Morgan fingerprint density at radius 1 is 0.973 bits per heavy atom. The van der Waals surface area contributed by atoms with Crippen molar-refractivity contribution in [3.8, 4) is 22.6 Å². The molecule has 0 bridgehead atoms. The zero-order chi connectivity index (χ0) is 26.7. The molecule has 194 valence electrons. The Hall–Kier alpha value is -3.64. The monoisotopic (exact) mass is 501 g/mol. The van der Waals surface area contributed by atoms with Crippen LogP contribution in [0.25, 0.3) is 32.8 Å². The molecule has 1 aromatic heterocycles. The van der Waals surface area contributed by atoms with E-state index in [0.29, 0.717) is 19.6 Å². The topological polar surface area (TPSA) is 88.9 Å². The van der Waals surface area contributed by atoms with Gasteiger partial charge in [-0.2, -0.15) is 0 Å². The first-order valence-corrected chi connectivity index (χ1v) is 12.9. The van der Waals surface area contributed by atoms with Gasteiger partial charge < -0.3 is 19.7 Å². The van der Waals surface area contributed by atoms with Crippen LogP contribution in [0, 0.1) is 0 Å². The molecule has 37 heavy (non-hydrogen) atoms. The predicted octanol–water partition coefficient (Wildman–Crippen LogP) is 6.36. The van der Waals surface area contributed by atoms with E-state index in [4.69, 9.17) is 19.6 Å². The summed E-state index contributed by atoms with van der Waals surface area (Å²) in [5.74, 6) is 0.820. The van der Waals surface area contributed by atoms with Gasteiger partial charge in [0.2, 0.25) is 0 Å². The number of carboxylic acids is 1. The van der Waals surface area contributed by atoms with Crippen LogP contribution in [0.3, 0.4) is 0 Å². The fourth-order valence-electron chi connectivity index (χ4n) is 4.95. The van der Waals surface area contributed by atoms with Crippen molar-refractivity contribution in [1.82, 2.24) is 4.98 Å². The van der Waals surface area contributed by atoms with Crippen LogP contribution in [-0.2, 0) is 24.1 Å². The fraction of sp³-hybridized carbons (Fsp3) is 0.355. The van der Waals surface area contributed by atoms with Crippen molar-refractivity contribution in [3.63, 3.8) is 0 Å². The predicted molar refractivity (Wildman–Crippen MR) is 148 cm³/mol. The largest absolute Gasteiger partial charge is 0.493 e. The van der Waals surface area contributed by atoms with Crippen molar-refractivity contribution < 1.29 is 24.5 Å². The van der Waals surface area contributed by atoms with E-state index in [-0.39, 0.29) is 6.42 Å². The number of hydrogen-bond donors (Lipinski definition) is 2. The quantitative estimate of drug-likeness (QED) is 0.340. The average molecular weight is 502 g/mol. The van der Waals surface area contributed by atoms with Crippen molar-refractivity contribution in [3.05, 3.63) is 65.4 Å². The Labute approximate surface area is 217 Å². The van der Waals surface area contributed by atoms with Crippen molar-refractivity contribution in [2.45, 2.75) is 59.5 Å². The van der Waals surface area contributed by atoms with E-state index in [1.165, 1.54) is 5.56 Å². The molecule has 2 N–H and O–H groups in total. The van der Waals surface area contributed by atoms with Gasteiger partial charge in [-0.25, -0.2) is 0 Å². The third-order valence-electron chi connectivity index (χ3n) is 6.15. The second-order valence-corrected chi connectivity index (χ2v) is 9.95. The molecule has 6 nitrogen and oxygen atoms in total. The number of ether oxygens (including phenoxy) is 2. The lowest BCUT2D eigenvalue weighted by molar-refractivity contribution is -0.136. The molecule has 0 radical (unpaired) electrons. The van der Waals surface area contributed by atoms with E-state index < -0.39 is 11.6 Å². The Morgan fingerprint density at radius 3 is 2.35 bits per heavy atom. The molecule has 3 aromatic carbocycles. The van der Waals surface area contributed by atoms with Crippen molar-refractivity contribution in [2.75, 3.05) is 13.2 Å². The maximum absolute atomic E-state index is 11.8. The lowest BCUT2D eigenvalue weighted by Gasteiger charge is -2.22. The maximum atomic E-state index is 11.8. The van der Waals surface area contributed by atoms with Crippen LogP contribution < -0.4 is 9.47 Å².